The molecule has 0 amide bonds. The lowest BCUT2D eigenvalue weighted by molar-refractivity contribution is 1.65. The van der Waals surface area contributed by atoms with Crippen molar-refractivity contribution in [3.63, 3.8) is 0 Å². The van der Waals surface area contributed by atoms with Crippen molar-refractivity contribution in [2.75, 3.05) is 5.75 Å². The molecule has 19 heavy (non-hydrogen) atoms. The van der Waals surface area contributed by atoms with E-state index < -0.39 is 0 Å². The topological polar surface area (TPSA) is 0 Å². The first kappa shape index (κ1) is 14.4. The minimum absolute atomic E-state index is 0.802. The van der Waals surface area contributed by atoms with Crippen LogP contribution in [0.1, 0.15) is 11.1 Å². The lowest BCUT2D eigenvalue weighted by atomic mass is 10.2. The van der Waals surface area contributed by atoms with Gasteiger partial charge < -0.3 is 0 Å². The number of thiol groups is 1. The highest BCUT2D eigenvalue weighted by Crippen LogP contribution is 2.22. The Morgan fingerprint density at radius 1 is 0.947 bits per heavy atom. The van der Waals surface area contributed by atoms with E-state index in [9.17, 15) is 0 Å². The molecular formula is C16H14S3. The van der Waals surface area contributed by atoms with Gasteiger partial charge in [0.1, 0.15) is 0 Å². The Morgan fingerprint density at radius 2 is 1.47 bits per heavy atom. The summed E-state index contributed by atoms with van der Waals surface area (Å²) in [4.78, 5) is 1.94. The largest absolute Gasteiger partial charge is 0.142 e. The molecule has 0 bridgehead atoms. The second-order valence-corrected chi connectivity index (χ2v) is 5.80. The first-order chi connectivity index (χ1) is 9.27. The van der Waals surface area contributed by atoms with Gasteiger partial charge in [0.05, 0.1) is 0 Å². The summed E-state index contributed by atoms with van der Waals surface area (Å²) in [5.74, 6) is 0.802. The fraction of sp³-hybridized carbons (Fsp3) is 0.0625. The Bertz CT molecular complexity index is 559. The number of hydrogen-bond donors (Lipinski definition) is 1. The fourth-order valence-corrected chi connectivity index (χ4v) is 2.99. The van der Waals surface area contributed by atoms with Crippen molar-refractivity contribution in [1.29, 1.82) is 0 Å². The Labute approximate surface area is 129 Å². The van der Waals surface area contributed by atoms with Gasteiger partial charge in [-0.1, -0.05) is 72.9 Å². The van der Waals surface area contributed by atoms with Gasteiger partial charge in [-0.05, 0) is 16.5 Å². The summed E-state index contributed by atoms with van der Waals surface area (Å²) in [6.45, 7) is 0. The molecule has 0 spiro atoms. The Balaban J connectivity index is 1.92. The molecule has 0 aliphatic rings. The van der Waals surface area contributed by atoms with Crippen LogP contribution < -0.4 is 0 Å². The van der Waals surface area contributed by atoms with E-state index in [-0.39, 0.29) is 0 Å². The molecule has 0 N–H and O–H groups in total. The quantitative estimate of drug-likeness (QED) is 0.465. The maximum Gasteiger partial charge on any atom is 0.0335 e. The molecule has 3 heteroatoms. The summed E-state index contributed by atoms with van der Waals surface area (Å²) in [6, 6.07) is 20.2. The van der Waals surface area contributed by atoms with E-state index in [2.05, 4.69) is 24.8 Å². The van der Waals surface area contributed by atoms with Crippen molar-refractivity contribution in [2.24, 2.45) is 0 Å². The molecule has 0 saturated heterocycles. The number of thiocarbonyl (C=S) groups is 1. The number of hydrogen-bond acceptors (Lipinski definition) is 3. The molecule has 0 atom stereocenters. The van der Waals surface area contributed by atoms with Crippen molar-refractivity contribution in [1.82, 2.24) is 0 Å². The van der Waals surface area contributed by atoms with Gasteiger partial charge in [0.25, 0.3) is 0 Å². The standard InChI is InChI=1S/C16H14S3/c17-15(13-7-3-1-4-8-13)11-19-12-16(18)14-9-5-2-6-10-14/h1-11,17H,12H2/b15-11-. The smallest absolute Gasteiger partial charge is 0.0335 e. The average molecular weight is 302 g/mol. The summed E-state index contributed by atoms with van der Waals surface area (Å²) in [7, 11) is 0. The lowest BCUT2D eigenvalue weighted by Crippen LogP contribution is -1.99. The third kappa shape index (κ3) is 4.53. The normalized spacial score (nSPS) is 11.3. The summed E-state index contributed by atoms with van der Waals surface area (Å²) in [5, 5.41) is 2.05. The molecule has 0 aliphatic heterocycles. The van der Waals surface area contributed by atoms with Crippen LogP contribution in [0.5, 0.6) is 0 Å². The van der Waals surface area contributed by atoms with Gasteiger partial charge in [0, 0.05) is 15.5 Å². The molecule has 0 radical (unpaired) electrons. The second kappa shape index (κ2) is 7.53. The van der Waals surface area contributed by atoms with E-state index in [1.165, 1.54) is 0 Å². The molecule has 0 nitrogen and oxygen atoms in total. The molecule has 96 valence electrons. The van der Waals surface area contributed by atoms with Crippen molar-refractivity contribution in [3.8, 4) is 0 Å². The summed E-state index contributed by atoms with van der Waals surface area (Å²) in [6.07, 6.45) is 0. The molecule has 0 unspecified atom stereocenters. The average Bonchev–Trinajstić information content (AvgIpc) is 2.49. The van der Waals surface area contributed by atoms with Gasteiger partial charge in [0.2, 0.25) is 0 Å². The van der Waals surface area contributed by atoms with Gasteiger partial charge in [-0.3, -0.25) is 0 Å². The third-order valence-electron chi connectivity index (χ3n) is 2.57. The number of benzene rings is 2. The molecule has 0 heterocycles. The minimum atomic E-state index is 0.802. The van der Waals surface area contributed by atoms with E-state index in [0.717, 1.165) is 26.6 Å². The van der Waals surface area contributed by atoms with Gasteiger partial charge in [-0.15, -0.1) is 24.4 Å². The maximum atomic E-state index is 5.41. The molecule has 2 rings (SSSR count). The SMILES string of the molecule is S=C(CS/C=C(\S)c1ccccc1)c1ccccc1. The Kier molecular flexibility index (Phi) is 5.70. The van der Waals surface area contributed by atoms with Crippen LogP contribution in [0.15, 0.2) is 66.1 Å². The maximum absolute atomic E-state index is 5.41. The fourth-order valence-electron chi connectivity index (χ4n) is 1.58. The van der Waals surface area contributed by atoms with Crippen LogP contribution in [0.25, 0.3) is 4.91 Å². The van der Waals surface area contributed by atoms with Crippen molar-refractivity contribution >= 4 is 46.4 Å². The van der Waals surface area contributed by atoms with Crippen LogP contribution >= 0.6 is 36.6 Å². The summed E-state index contributed by atoms with van der Waals surface area (Å²) < 4.78 is 0. The third-order valence-corrected chi connectivity index (χ3v) is 4.56. The predicted octanol–water partition coefficient (Wildman–Crippen LogP) is 5.07. The van der Waals surface area contributed by atoms with Gasteiger partial charge in [-0.2, -0.15) is 0 Å². The first-order valence-electron chi connectivity index (χ1n) is 5.92. The van der Waals surface area contributed by atoms with Crippen LogP contribution in [0, 0.1) is 0 Å². The lowest BCUT2D eigenvalue weighted by Gasteiger charge is -2.03. The van der Waals surface area contributed by atoms with Crippen LogP contribution in [-0.4, -0.2) is 10.6 Å². The summed E-state index contributed by atoms with van der Waals surface area (Å²) in [5.41, 5.74) is 2.25. The zero-order valence-electron chi connectivity index (χ0n) is 10.3. The second-order valence-electron chi connectivity index (χ2n) is 3.97. The van der Waals surface area contributed by atoms with Crippen LogP contribution in [0.2, 0.25) is 0 Å². The van der Waals surface area contributed by atoms with Crippen LogP contribution in [-0.2, 0) is 0 Å². The van der Waals surface area contributed by atoms with Crippen molar-refractivity contribution in [3.05, 3.63) is 77.2 Å². The highest BCUT2D eigenvalue weighted by atomic mass is 32.2. The van der Waals surface area contributed by atoms with Crippen LogP contribution in [0.3, 0.4) is 0 Å². The molecule has 2 aromatic rings. The predicted molar refractivity (Wildman–Crippen MR) is 94.0 cm³/mol. The van der Waals surface area contributed by atoms with Crippen molar-refractivity contribution < 1.29 is 0 Å². The summed E-state index contributed by atoms with van der Waals surface area (Å²) >= 11 is 11.6. The van der Waals surface area contributed by atoms with Gasteiger partial charge >= 0.3 is 0 Å². The number of thioether (sulfide) groups is 1. The van der Waals surface area contributed by atoms with Crippen molar-refractivity contribution in [2.45, 2.75) is 0 Å². The Hall–Kier alpha value is -1.03. The van der Waals surface area contributed by atoms with E-state index in [4.69, 9.17) is 12.2 Å². The molecule has 0 fully saturated rings. The molecule has 0 aliphatic carbocycles. The highest BCUT2D eigenvalue weighted by Gasteiger charge is 2.00. The monoisotopic (exact) mass is 302 g/mol. The van der Waals surface area contributed by atoms with E-state index >= 15 is 0 Å². The van der Waals surface area contributed by atoms with E-state index in [0.29, 0.717) is 0 Å². The van der Waals surface area contributed by atoms with E-state index in [1.807, 2.05) is 53.9 Å². The zero-order chi connectivity index (χ0) is 13.5. The molecular weight excluding hydrogens is 288 g/mol. The highest BCUT2D eigenvalue weighted by molar-refractivity contribution is 8.05. The molecule has 0 aromatic heterocycles. The van der Waals surface area contributed by atoms with E-state index in [1.54, 1.807) is 11.8 Å². The minimum Gasteiger partial charge on any atom is -0.142 e. The zero-order valence-corrected chi connectivity index (χ0v) is 12.8. The van der Waals surface area contributed by atoms with Crippen LogP contribution in [0.4, 0.5) is 0 Å². The number of rotatable bonds is 5. The van der Waals surface area contributed by atoms with Gasteiger partial charge in [0.15, 0.2) is 0 Å². The van der Waals surface area contributed by atoms with Gasteiger partial charge in [-0.25, -0.2) is 0 Å². The first-order valence-corrected chi connectivity index (χ1v) is 7.82. The Morgan fingerprint density at radius 3 is 2.05 bits per heavy atom. The molecule has 2 aromatic carbocycles. The molecule has 0 saturated carbocycles.